The predicted molar refractivity (Wildman–Crippen MR) is 98.1 cm³/mol. The molecule has 3 rings (SSSR count). The highest BCUT2D eigenvalue weighted by Gasteiger charge is 2.24. The summed E-state index contributed by atoms with van der Waals surface area (Å²) in [4.78, 5) is 23.4. The van der Waals surface area contributed by atoms with E-state index in [0.29, 0.717) is 6.61 Å². The number of nitrogens with zero attached hydrogens (tertiary/aromatic N) is 5. The maximum atomic E-state index is 12.9. The van der Waals surface area contributed by atoms with Crippen molar-refractivity contribution in [2.24, 2.45) is 10.2 Å². The number of ether oxygens (including phenoxy) is 1. The van der Waals surface area contributed by atoms with Crippen molar-refractivity contribution in [3.05, 3.63) is 55.9 Å². The van der Waals surface area contributed by atoms with E-state index in [-0.39, 0.29) is 40.8 Å². The molecule has 1 aromatic carbocycles. The zero-order chi connectivity index (χ0) is 20.3. The number of nitro benzene ring substituents is 1. The SMILES string of the molecule is Cc1c(C#N)c(O)n(CC2CCCO2)c(=O)c1N=Nc1ccccc1[N+](=O)[O-]. The molecule has 0 spiro atoms. The van der Waals surface area contributed by atoms with Gasteiger partial charge in [-0.25, -0.2) is 0 Å². The fraction of sp³-hybridized carbons (Fsp3) is 0.333. The number of aromatic nitrogens is 1. The number of aromatic hydroxyl groups is 1. The number of para-hydroxylation sites is 1. The molecule has 1 unspecified atom stereocenters. The summed E-state index contributed by atoms with van der Waals surface area (Å²) in [5, 5.41) is 38.6. The quantitative estimate of drug-likeness (QED) is 0.477. The van der Waals surface area contributed by atoms with Crippen LogP contribution >= 0.6 is 0 Å². The van der Waals surface area contributed by atoms with Crippen LogP contribution < -0.4 is 5.56 Å². The summed E-state index contributed by atoms with van der Waals surface area (Å²) >= 11 is 0. The molecule has 1 fully saturated rings. The van der Waals surface area contributed by atoms with E-state index in [1.165, 1.54) is 25.1 Å². The van der Waals surface area contributed by atoms with E-state index in [9.17, 15) is 25.3 Å². The van der Waals surface area contributed by atoms with Crippen molar-refractivity contribution in [1.29, 1.82) is 5.26 Å². The van der Waals surface area contributed by atoms with Crippen LogP contribution in [0.5, 0.6) is 5.88 Å². The van der Waals surface area contributed by atoms with E-state index >= 15 is 0 Å². The average Bonchev–Trinajstić information content (AvgIpc) is 3.19. The predicted octanol–water partition coefficient (Wildman–Crippen LogP) is 3.24. The lowest BCUT2D eigenvalue weighted by atomic mass is 10.1. The van der Waals surface area contributed by atoms with Gasteiger partial charge in [0, 0.05) is 18.2 Å². The number of nitro groups is 1. The number of hydrogen-bond acceptors (Lipinski definition) is 8. The first-order valence-corrected chi connectivity index (χ1v) is 8.57. The second kappa shape index (κ2) is 7.98. The monoisotopic (exact) mass is 383 g/mol. The van der Waals surface area contributed by atoms with E-state index in [1.807, 2.05) is 6.07 Å². The molecule has 0 saturated carbocycles. The van der Waals surface area contributed by atoms with Crippen molar-refractivity contribution in [2.45, 2.75) is 32.4 Å². The molecule has 10 heteroatoms. The van der Waals surface area contributed by atoms with Crippen LogP contribution in [0.4, 0.5) is 17.1 Å². The fourth-order valence-corrected chi connectivity index (χ4v) is 3.03. The Bertz CT molecular complexity index is 1050. The Balaban J connectivity index is 2.09. The highest BCUT2D eigenvalue weighted by molar-refractivity contribution is 5.59. The molecule has 0 aliphatic carbocycles. The van der Waals surface area contributed by atoms with E-state index < -0.39 is 16.4 Å². The van der Waals surface area contributed by atoms with Crippen molar-refractivity contribution < 1.29 is 14.8 Å². The third kappa shape index (κ3) is 3.60. The van der Waals surface area contributed by atoms with Crippen molar-refractivity contribution in [1.82, 2.24) is 4.57 Å². The smallest absolute Gasteiger partial charge is 0.296 e. The van der Waals surface area contributed by atoms with Gasteiger partial charge in [0.2, 0.25) is 5.88 Å². The maximum absolute atomic E-state index is 12.9. The first-order valence-electron chi connectivity index (χ1n) is 8.57. The fourth-order valence-electron chi connectivity index (χ4n) is 3.03. The van der Waals surface area contributed by atoms with Crippen molar-refractivity contribution in [2.75, 3.05) is 6.61 Å². The number of azo groups is 1. The molecule has 1 N–H and O–H groups in total. The van der Waals surface area contributed by atoms with Crippen LogP contribution in [0.15, 0.2) is 39.3 Å². The van der Waals surface area contributed by atoms with Crippen LogP contribution in [-0.4, -0.2) is 27.3 Å². The van der Waals surface area contributed by atoms with Gasteiger partial charge in [-0.15, -0.1) is 10.2 Å². The van der Waals surface area contributed by atoms with Crippen LogP contribution in [0.2, 0.25) is 0 Å². The van der Waals surface area contributed by atoms with Gasteiger partial charge in [-0.05, 0) is 25.8 Å². The second-order valence-electron chi connectivity index (χ2n) is 6.28. The highest BCUT2D eigenvalue weighted by atomic mass is 16.6. The van der Waals surface area contributed by atoms with Gasteiger partial charge in [0.25, 0.3) is 11.2 Å². The molecule has 2 aromatic rings. The minimum absolute atomic E-state index is 0.0245. The van der Waals surface area contributed by atoms with Gasteiger partial charge in [-0.2, -0.15) is 5.26 Å². The molecule has 0 amide bonds. The van der Waals surface area contributed by atoms with Gasteiger partial charge < -0.3 is 9.84 Å². The average molecular weight is 383 g/mol. The van der Waals surface area contributed by atoms with Crippen LogP contribution in [0, 0.1) is 28.4 Å². The van der Waals surface area contributed by atoms with E-state index in [1.54, 1.807) is 6.07 Å². The van der Waals surface area contributed by atoms with Crippen molar-refractivity contribution in [3.63, 3.8) is 0 Å². The molecular weight excluding hydrogens is 366 g/mol. The van der Waals surface area contributed by atoms with Gasteiger partial charge in [0.15, 0.2) is 11.4 Å². The number of pyridine rings is 1. The molecular formula is C18H17N5O5. The third-order valence-electron chi connectivity index (χ3n) is 4.52. The summed E-state index contributed by atoms with van der Waals surface area (Å²) in [7, 11) is 0. The molecule has 28 heavy (non-hydrogen) atoms. The van der Waals surface area contributed by atoms with Crippen molar-refractivity contribution >= 4 is 17.1 Å². The van der Waals surface area contributed by atoms with E-state index in [2.05, 4.69) is 10.2 Å². The summed E-state index contributed by atoms with van der Waals surface area (Å²) in [6, 6.07) is 7.58. The lowest BCUT2D eigenvalue weighted by Crippen LogP contribution is -2.27. The van der Waals surface area contributed by atoms with Gasteiger partial charge in [0.05, 0.1) is 17.6 Å². The van der Waals surface area contributed by atoms with E-state index in [0.717, 1.165) is 17.4 Å². The first-order chi connectivity index (χ1) is 13.4. The standard InChI is InChI=1S/C18H17N5O5/c1-11-13(9-19)17(24)22(10-12-5-4-8-28-12)18(25)16(11)21-20-14-6-2-3-7-15(14)23(26)27/h2-3,6-7,12,24H,4-5,8,10H2,1H3. The molecule has 1 atom stereocenters. The Kier molecular flexibility index (Phi) is 5.47. The first kappa shape index (κ1) is 19.2. The van der Waals surface area contributed by atoms with Crippen LogP contribution in [0.25, 0.3) is 0 Å². The van der Waals surface area contributed by atoms with Gasteiger partial charge in [-0.3, -0.25) is 19.5 Å². The molecule has 2 heterocycles. The summed E-state index contributed by atoms with van der Waals surface area (Å²) in [6.45, 7) is 2.11. The molecule has 1 aliphatic heterocycles. The molecule has 10 nitrogen and oxygen atoms in total. The topological polar surface area (TPSA) is 143 Å². The van der Waals surface area contributed by atoms with Gasteiger partial charge in [-0.1, -0.05) is 12.1 Å². The lowest BCUT2D eigenvalue weighted by Gasteiger charge is -2.16. The largest absolute Gasteiger partial charge is 0.493 e. The second-order valence-corrected chi connectivity index (χ2v) is 6.28. The minimum atomic E-state index is -0.646. The zero-order valence-corrected chi connectivity index (χ0v) is 15.0. The third-order valence-corrected chi connectivity index (χ3v) is 4.52. The molecule has 1 aliphatic rings. The Morgan fingerprint density at radius 3 is 2.82 bits per heavy atom. The van der Waals surface area contributed by atoms with Gasteiger partial charge >= 0.3 is 0 Å². The Morgan fingerprint density at radius 2 is 2.18 bits per heavy atom. The minimum Gasteiger partial charge on any atom is -0.493 e. The molecule has 0 bridgehead atoms. The zero-order valence-electron chi connectivity index (χ0n) is 15.0. The number of rotatable bonds is 5. The molecule has 144 valence electrons. The number of benzene rings is 1. The molecule has 1 saturated heterocycles. The van der Waals surface area contributed by atoms with Crippen LogP contribution in [0.1, 0.15) is 24.0 Å². The summed E-state index contributed by atoms with van der Waals surface area (Å²) in [5.41, 5.74) is -1.05. The van der Waals surface area contributed by atoms with Crippen LogP contribution in [-0.2, 0) is 11.3 Å². The molecule has 0 radical (unpaired) electrons. The van der Waals surface area contributed by atoms with Gasteiger partial charge in [0.1, 0.15) is 11.6 Å². The highest BCUT2D eigenvalue weighted by Crippen LogP contribution is 2.31. The summed E-state index contributed by atoms with van der Waals surface area (Å²) < 4.78 is 6.54. The normalized spacial score (nSPS) is 16.4. The Labute approximate surface area is 159 Å². The molecule has 1 aromatic heterocycles. The Hall–Kier alpha value is -3.58. The Morgan fingerprint density at radius 1 is 1.43 bits per heavy atom. The van der Waals surface area contributed by atoms with E-state index in [4.69, 9.17) is 4.74 Å². The van der Waals surface area contributed by atoms with Crippen molar-refractivity contribution in [3.8, 4) is 11.9 Å². The number of hydrogen-bond donors (Lipinski definition) is 1. The lowest BCUT2D eigenvalue weighted by molar-refractivity contribution is -0.384. The maximum Gasteiger partial charge on any atom is 0.296 e. The van der Waals surface area contributed by atoms with Crippen LogP contribution in [0.3, 0.4) is 0 Å². The summed E-state index contributed by atoms with van der Waals surface area (Å²) in [5.74, 6) is -0.454. The number of nitriles is 1. The summed E-state index contributed by atoms with van der Waals surface area (Å²) in [6.07, 6.45) is 1.33.